The fourth-order valence-electron chi connectivity index (χ4n) is 1.33. The number of rotatable bonds is 5. The van der Waals surface area contributed by atoms with Crippen molar-refractivity contribution in [1.82, 2.24) is 10.6 Å². The molecule has 4 heteroatoms. The van der Waals surface area contributed by atoms with E-state index in [0.29, 0.717) is 13.1 Å². The summed E-state index contributed by atoms with van der Waals surface area (Å²) < 4.78 is 5.17. The van der Waals surface area contributed by atoms with Gasteiger partial charge in [-0.2, -0.15) is 0 Å². The number of hydrogen-bond donors (Lipinski definition) is 2. The van der Waals surface area contributed by atoms with Crippen LogP contribution in [0.1, 0.15) is 19.6 Å². The maximum absolute atomic E-state index is 11.5. The van der Waals surface area contributed by atoms with Gasteiger partial charge < -0.3 is 15.1 Å². The van der Waals surface area contributed by atoms with Crippen molar-refractivity contribution in [2.24, 2.45) is 5.41 Å². The summed E-state index contributed by atoms with van der Waals surface area (Å²) in [6, 6.07) is 3.75. The number of nitrogens with one attached hydrogen (secondary N) is 2. The van der Waals surface area contributed by atoms with Crippen molar-refractivity contribution in [2.75, 3.05) is 13.6 Å². The van der Waals surface area contributed by atoms with Gasteiger partial charge in [0.1, 0.15) is 5.76 Å². The lowest BCUT2D eigenvalue weighted by Crippen LogP contribution is -2.41. The zero-order valence-corrected chi connectivity index (χ0v) is 9.46. The fraction of sp³-hybridized carbons (Fsp3) is 0.545. The van der Waals surface area contributed by atoms with Gasteiger partial charge in [0.15, 0.2) is 0 Å². The Morgan fingerprint density at radius 2 is 2.27 bits per heavy atom. The van der Waals surface area contributed by atoms with E-state index in [-0.39, 0.29) is 5.91 Å². The molecule has 1 rings (SSSR count). The molecule has 1 amide bonds. The van der Waals surface area contributed by atoms with Crippen LogP contribution in [0, 0.1) is 5.41 Å². The van der Waals surface area contributed by atoms with Crippen LogP contribution >= 0.6 is 0 Å². The molecule has 0 radical (unpaired) electrons. The van der Waals surface area contributed by atoms with Crippen LogP contribution in [0.4, 0.5) is 0 Å². The van der Waals surface area contributed by atoms with Crippen molar-refractivity contribution in [3.05, 3.63) is 24.2 Å². The molecule has 84 valence electrons. The molecular formula is C11H18N2O2. The van der Waals surface area contributed by atoms with Gasteiger partial charge in [0.25, 0.3) is 0 Å². The molecular weight excluding hydrogens is 192 g/mol. The van der Waals surface area contributed by atoms with Gasteiger partial charge in [-0.1, -0.05) is 0 Å². The summed E-state index contributed by atoms with van der Waals surface area (Å²) in [5, 5.41) is 5.84. The number of hydrogen-bond acceptors (Lipinski definition) is 3. The van der Waals surface area contributed by atoms with E-state index in [9.17, 15) is 4.79 Å². The van der Waals surface area contributed by atoms with E-state index < -0.39 is 5.41 Å². The van der Waals surface area contributed by atoms with E-state index in [1.54, 1.807) is 13.3 Å². The van der Waals surface area contributed by atoms with Crippen LogP contribution in [0.25, 0.3) is 0 Å². The van der Waals surface area contributed by atoms with Crippen molar-refractivity contribution in [3.63, 3.8) is 0 Å². The van der Waals surface area contributed by atoms with Crippen LogP contribution in [0.15, 0.2) is 22.8 Å². The molecule has 1 aromatic heterocycles. The van der Waals surface area contributed by atoms with E-state index >= 15 is 0 Å². The van der Waals surface area contributed by atoms with Gasteiger partial charge in [0.2, 0.25) is 5.91 Å². The van der Waals surface area contributed by atoms with E-state index in [4.69, 9.17) is 4.42 Å². The molecule has 0 bridgehead atoms. The first-order valence-corrected chi connectivity index (χ1v) is 5.01. The van der Waals surface area contributed by atoms with Gasteiger partial charge in [-0.25, -0.2) is 0 Å². The predicted octanol–water partition coefficient (Wildman–Crippen LogP) is 1.14. The lowest BCUT2D eigenvalue weighted by molar-refractivity contribution is -0.128. The van der Waals surface area contributed by atoms with Crippen molar-refractivity contribution in [3.8, 4) is 0 Å². The highest BCUT2D eigenvalue weighted by atomic mass is 16.3. The molecule has 0 aliphatic rings. The summed E-state index contributed by atoms with van der Waals surface area (Å²) in [5.41, 5.74) is -0.401. The Morgan fingerprint density at radius 1 is 1.53 bits per heavy atom. The molecule has 1 aromatic rings. The minimum atomic E-state index is -0.401. The highest BCUT2D eigenvalue weighted by Gasteiger charge is 2.25. The number of carbonyl (C=O) groups excluding carboxylic acids is 1. The number of carbonyl (C=O) groups is 1. The quantitative estimate of drug-likeness (QED) is 0.766. The first-order chi connectivity index (χ1) is 7.06. The summed E-state index contributed by atoms with van der Waals surface area (Å²) in [4.78, 5) is 11.5. The number of furan rings is 1. The van der Waals surface area contributed by atoms with Gasteiger partial charge in [-0.15, -0.1) is 0 Å². The topological polar surface area (TPSA) is 54.3 Å². The maximum Gasteiger partial charge on any atom is 0.226 e. The summed E-state index contributed by atoms with van der Waals surface area (Å²) in [5.74, 6) is 0.914. The molecule has 4 nitrogen and oxygen atoms in total. The fourth-order valence-corrected chi connectivity index (χ4v) is 1.33. The Morgan fingerprint density at radius 3 is 2.80 bits per heavy atom. The highest BCUT2D eigenvalue weighted by molar-refractivity contribution is 5.81. The Hall–Kier alpha value is -1.29. The van der Waals surface area contributed by atoms with Gasteiger partial charge in [0.05, 0.1) is 18.2 Å². The van der Waals surface area contributed by atoms with Crippen LogP contribution in [-0.4, -0.2) is 19.5 Å². The van der Waals surface area contributed by atoms with Crippen LogP contribution in [-0.2, 0) is 11.3 Å². The SMILES string of the molecule is CNC(=O)C(C)(C)CNCc1ccco1. The molecule has 0 atom stereocenters. The molecule has 1 heterocycles. The largest absolute Gasteiger partial charge is 0.468 e. The van der Waals surface area contributed by atoms with Crippen LogP contribution in [0.3, 0.4) is 0 Å². The van der Waals surface area contributed by atoms with Crippen molar-refractivity contribution < 1.29 is 9.21 Å². The summed E-state index contributed by atoms with van der Waals surface area (Å²) >= 11 is 0. The molecule has 0 aliphatic carbocycles. The molecule has 0 spiro atoms. The minimum absolute atomic E-state index is 0.0365. The van der Waals surface area contributed by atoms with Gasteiger partial charge >= 0.3 is 0 Å². The Balaban J connectivity index is 2.33. The molecule has 2 N–H and O–H groups in total. The van der Waals surface area contributed by atoms with Crippen LogP contribution in [0.2, 0.25) is 0 Å². The van der Waals surface area contributed by atoms with Gasteiger partial charge in [0, 0.05) is 13.6 Å². The lowest BCUT2D eigenvalue weighted by atomic mass is 9.92. The standard InChI is InChI=1S/C11H18N2O2/c1-11(2,10(14)12-3)8-13-7-9-5-4-6-15-9/h4-6,13H,7-8H2,1-3H3,(H,12,14). The molecule has 0 saturated carbocycles. The van der Waals surface area contributed by atoms with E-state index in [0.717, 1.165) is 5.76 Å². The average molecular weight is 210 g/mol. The maximum atomic E-state index is 11.5. The van der Waals surface area contributed by atoms with E-state index in [2.05, 4.69) is 10.6 Å². The van der Waals surface area contributed by atoms with Crippen LogP contribution in [0.5, 0.6) is 0 Å². The first-order valence-electron chi connectivity index (χ1n) is 5.01. The van der Waals surface area contributed by atoms with Crippen LogP contribution < -0.4 is 10.6 Å². The highest BCUT2D eigenvalue weighted by Crippen LogP contribution is 2.13. The second-order valence-electron chi connectivity index (χ2n) is 4.15. The smallest absolute Gasteiger partial charge is 0.226 e. The average Bonchev–Trinajstić information content (AvgIpc) is 2.69. The Kier molecular flexibility index (Phi) is 3.91. The molecule has 0 saturated heterocycles. The molecule has 0 aromatic carbocycles. The lowest BCUT2D eigenvalue weighted by Gasteiger charge is -2.22. The number of amides is 1. The normalized spacial score (nSPS) is 11.4. The predicted molar refractivity (Wildman–Crippen MR) is 58.3 cm³/mol. The first kappa shape index (κ1) is 11.8. The van der Waals surface area contributed by atoms with Crippen molar-refractivity contribution >= 4 is 5.91 Å². The monoisotopic (exact) mass is 210 g/mol. The van der Waals surface area contributed by atoms with Gasteiger partial charge in [-0.3, -0.25) is 4.79 Å². The third-order valence-electron chi connectivity index (χ3n) is 2.29. The zero-order chi connectivity index (χ0) is 11.3. The second-order valence-corrected chi connectivity index (χ2v) is 4.15. The van der Waals surface area contributed by atoms with E-state index in [1.165, 1.54) is 0 Å². The zero-order valence-electron chi connectivity index (χ0n) is 9.46. The molecule has 0 aliphatic heterocycles. The second kappa shape index (κ2) is 4.98. The van der Waals surface area contributed by atoms with E-state index in [1.807, 2.05) is 26.0 Å². The molecule has 0 fully saturated rings. The summed E-state index contributed by atoms with van der Waals surface area (Å²) in [6.07, 6.45) is 1.64. The summed E-state index contributed by atoms with van der Waals surface area (Å²) in [7, 11) is 1.65. The minimum Gasteiger partial charge on any atom is -0.468 e. The summed E-state index contributed by atoms with van der Waals surface area (Å²) in [6.45, 7) is 5.07. The molecule has 0 unspecified atom stereocenters. The van der Waals surface area contributed by atoms with Crippen molar-refractivity contribution in [1.29, 1.82) is 0 Å². The van der Waals surface area contributed by atoms with Gasteiger partial charge in [-0.05, 0) is 26.0 Å². The Bertz CT molecular complexity index is 304. The third-order valence-corrected chi connectivity index (χ3v) is 2.29. The van der Waals surface area contributed by atoms with Crippen molar-refractivity contribution in [2.45, 2.75) is 20.4 Å². The Labute approximate surface area is 90.0 Å². The third kappa shape index (κ3) is 3.40. The molecule has 15 heavy (non-hydrogen) atoms.